The molecule has 0 saturated heterocycles. The Hall–Kier alpha value is -4.52. The van der Waals surface area contributed by atoms with E-state index in [0.717, 1.165) is 38.4 Å². The molecule has 0 amide bonds. The molecule has 5 rings (SSSR count). The van der Waals surface area contributed by atoms with Crippen molar-refractivity contribution < 1.29 is 23.4 Å². The molecule has 0 radical (unpaired) electrons. The van der Waals surface area contributed by atoms with Crippen LogP contribution in [0.2, 0.25) is 0 Å². The highest BCUT2D eigenvalue weighted by molar-refractivity contribution is 5.96. The standard InChI is InChI=1S/C29H26N2O5/c1-3-34-27(32)15-20-6-4-5-7-25(20)35-16-22-17-36-28-23(22)13-21(14-26(28)33-2)19-9-8-18-10-11-31-29(30)24(18)12-19/h4-14,17H,3,15-16H2,1-2H3,(H2,30,31). The van der Waals surface area contributed by atoms with Crippen molar-refractivity contribution in [1.82, 2.24) is 4.98 Å². The molecular formula is C29H26N2O5. The summed E-state index contributed by atoms with van der Waals surface area (Å²) in [7, 11) is 1.62. The number of nitrogen functional groups attached to an aromatic ring is 1. The van der Waals surface area contributed by atoms with Gasteiger partial charge in [0.15, 0.2) is 11.3 Å². The zero-order chi connectivity index (χ0) is 25.1. The van der Waals surface area contributed by atoms with E-state index in [-0.39, 0.29) is 19.0 Å². The van der Waals surface area contributed by atoms with Crippen molar-refractivity contribution in [2.45, 2.75) is 20.0 Å². The molecule has 0 aliphatic rings. The summed E-state index contributed by atoms with van der Waals surface area (Å²) in [6.45, 7) is 2.39. The Kier molecular flexibility index (Phi) is 6.45. The summed E-state index contributed by atoms with van der Waals surface area (Å²) in [6, 6.07) is 19.5. The zero-order valence-corrected chi connectivity index (χ0v) is 20.1. The maximum atomic E-state index is 12.0. The van der Waals surface area contributed by atoms with Crippen LogP contribution in [0.3, 0.4) is 0 Å². The van der Waals surface area contributed by atoms with Gasteiger partial charge in [-0.15, -0.1) is 0 Å². The predicted molar refractivity (Wildman–Crippen MR) is 139 cm³/mol. The number of fused-ring (bicyclic) bond motifs is 2. The number of furan rings is 1. The number of benzene rings is 3. The second-order valence-electron chi connectivity index (χ2n) is 8.33. The minimum atomic E-state index is -0.289. The van der Waals surface area contributed by atoms with E-state index in [1.807, 2.05) is 54.6 Å². The van der Waals surface area contributed by atoms with Gasteiger partial charge in [-0.3, -0.25) is 4.79 Å². The zero-order valence-electron chi connectivity index (χ0n) is 20.1. The molecule has 182 valence electrons. The summed E-state index contributed by atoms with van der Waals surface area (Å²) in [4.78, 5) is 16.2. The Labute approximate surface area is 208 Å². The first-order chi connectivity index (χ1) is 17.6. The molecule has 7 heteroatoms. The van der Waals surface area contributed by atoms with Gasteiger partial charge in [0.1, 0.15) is 18.2 Å². The number of nitrogens with two attached hydrogens (primary N) is 1. The van der Waals surface area contributed by atoms with Crippen LogP contribution in [-0.4, -0.2) is 24.7 Å². The largest absolute Gasteiger partial charge is 0.493 e. The highest BCUT2D eigenvalue weighted by Gasteiger charge is 2.16. The maximum Gasteiger partial charge on any atom is 0.310 e. The minimum Gasteiger partial charge on any atom is -0.493 e. The van der Waals surface area contributed by atoms with E-state index in [2.05, 4.69) is 11.1 Å². The lowest BCUT2D eigenvalue weighted by molar-refractivity contribution is -0.142. The Morgan fingerprint density at radius 1 is 0.972 bits per heavy atom. The van der Waals surface area contributed by atoms with Crippen LogP contribution in [0.1, 0.15) is 18.1 Å². The van der Waals surface area contributed by atoms with Crippen LogP contribution in [0.25, 0.3) is 32.9 Å². The minimum absolute atomic E-state index is 0.147. The third-order valence-corrected chi connectivity index (χ3v) is 6.07. The average Bonchev–Trinajstić information content (AvgIpc) is 3.31. The lowest BCUT2D eigenvalue weighted by Crippen LogP contribution is -2.09. The van der Waals surface area contributed by atoms with Crippen LogP contribution in [-0.2, 0) is 22.6 Å². The van der Waals surface area contributed by atoms with Gasteiger partial charge in [-0.05, 0) is 53.8 Å². The van der Waals surface area contributed by atoms with E-state index in [9.17, 15) is 4.79 Å². The number of hydrogen-bond donors (Lipinski definition) is 1. The molecule has 0 bridgehead atoms. The van der Waals surface area contributed by atoms with E-state index >= 15 is 0 Å². The van der Waals surface area contributed by atoms with Gasteiger partial charge < -0.3 is 24.4 Å². The molecule has 0 spiro atoms. The summed E-state index contributed by atoms with van der Waals surface area (Å²) in [5.41, 5.74) is 10.3. The number of nitrogens with zero attached hydrogens (tertiary/aromatic N) is 1. The first-order valence-electron chi connectivity index (χ1n) is 11.7. The summed E-state index contributed by atoms with van der Waals surface area (Å²) in [5.74, 6) is 1.44. The fourth-order valence-electron chi connectivity index (χ4n) is 4.27. The van der Waals surface area contributed by atoms with Gasteiger partial charge in [0.25, 0.3) is 0 Å². The van der Waals surface area contributed by atoms with Gasteiger partial charge in [-0.1, -0.05) is 30.3 Å². The molecule has 0 fully saturated rings. The van der Waals surface area contributed by atoms with Crippen molar-refractivity contribution in [2.75, 3.05) is 19.5 Å². The highest BCUT2D eigenvalue weighted by Crippen LogP contribution is 2.37. The van der Waals surface area contributed by atoms with Crippen LogP contribution in [0, 0.1) is 0 Å². The van der Waals surface area contributed by atoms with E-state index in [4.69, 9.17) is 24.4 Å². The second kappa shape index (κ2) is 10.00. The lowest BCUT2D eigenvalue weighted by Gasteiger charge is -2.11. The first-order valence-corrected chi connectivity index (χ1v) is 11.7. The number of hydrogen-bond acceptors (Lipinski definition) is 7. The van der Waals surface area contributed by atoms with Gasteiger partial charge in [0, 0.05) is 28.1 Å². The molecule has 3 aromatic carbocycles. The number of carbonyl (C=O) groups is 1. The molecule has 0 saturated carbocycles. The smallest absolute Gasteiger partial charge is 0.310 e. The van der Waals surface area contributed by atoms with E-state index in [0.29, 0.717) is 29.5 Å². The summed E-state index contributed by atoms with van der Waals surface area (Å²) in [5, 5.41) is 2.80. The number of aromatic nitrogens is 1. The maximum absolute atomic E-state index is 12.0. The Morgan fingerprint density at radius 3 is 2.64 bits per heavy atom. The van der Waals surface area contributed by atoms with Crippen molar-refractivity contribution in [3.63, 3.8) is 0 Å². The molecule has 2 N–H and O–H groups in total. The van der Waals surface area contributed by atoms with E-state index in [1.54, 1.807) is 26.5 Å². The molecule has 0 aliphatic carbocycles. The van der Waals surface area contributed by atoms with Gasteiger partial charge >= 0.3 is 5.97 Å². The van der Waals surface area contributed by atoms with Crippen LogP contribution < -0.4 is 15.2 Å². The number of esters is 1. The summed E-state index contributed by atoms with van der Waals surface area (Å²) < 4.78 is 22.7. The number of pyridine rings is 1. The molecule has 0 aliphatic heterocycles. The third kappa shape index (κ3) is 4.55. The van der Waals surface area contributed by atoms with Crippen molar-refractivity contribution in [2.24, 2.45) is 0 Å². The van der Waals surface area contributed by atoms with Gasteiger partial charge in [-0.2, -0.15) is 0 Å². The normalized spacial score (nSPS) is 11.1. The van der Waals surface area contributed by atoms with Crippen molar-refractivity contribution in [3.8, 4) is 22.6 Å². The fourth-order valence-corrected chi connectivity index (χ4v) is 4.27. The molecular weight excluding hydrogens is 456 g/mol. The number of para-hydroxylation sites is 1. The van der Waals surface area contributed by atoms with Crippen molar-refractivity contribution in [1.29, 1.82) is 0 Å². The van der Waals surface area contributed by atoms with Crippen LogP contribution in [0.15, 0.2) is 77.5 Å². The molecule has 36 heavy (non-hydrogen) atoms. The quantitative estimate of drug-likeness (QED) is 0.274. The number of methoxy groups -OCH3 is 1. The summed E-state index contributed by atoms with van der Waals surface area (Å²) in [6.07, 6.45) is 3.52. The second-order valence-corrected chi connectivity index (χ2v) is 8.33. The van der Waals surface area contributed by atoms with Crippen LogP contribution in [0.4, 0.5) is 5.82 Å². The Balaban J connectivity index is 1.48. The van der Waals surface area contributed by atoms with E-state index in [1.165, 1.54) is 0 Å². The van der Waals surface area contributed by atoms with Crippen molar-refractivity contribution in [3.05, 3.63) is 84.3 Å². The van der Waals surface area contributed by atoms with Gasteiger partial charge in [0.2, 0.25) is 0 Å². The first kappa shape index (κ1) is 23.2. The van der Waals surface area contributed by atoms with Crippen molar-refractivity contribution >= 4 is 33.5 Å². The Bertz CT molecular complexity index is 1560. The highest BCUT2D eigenvalue weighted by atomic mass is 16.5. The number of carbonyl (C=O) groups excluding carboxylic acids is 1. The third-order valence-electron chi connectivity index (χ3n) is 6.07. The molecule has 5 aromatic rings. The molecule has 2 aromatic heterocycles. The molecule has 0 atom stereocenters. The molecule has 7 nitrogen and oxygen atoms in total. The topological polar surface area (TPSA) is 96.8 Å². The average molecular weight is 483 g/mol. The van der Waals surface area contributed by atoms with Gasteiger partial charge in [0.05, 0.1) is 26.4 Å². The Morgan fingerprint density at radius 2 is 1.81 bits per heavy atom. The van der Waals surface area contributed by atoms with Crippen LogP contribution >= 0.6 is 0 Å². The number of ether oxygens (including phenoxy) is 3. The number of anilines is 1. The lowest BCUT2D eigenvalue weighted by atomic mass is 9.99. The fraction of sp³-hybridized carbons (Fsp3) is 0.172. The molecule has 2 heterocycles. The van der Waals surface area contributed by atoms with Crippen LogP contribution in [0.5, 0.6) is 11.5 Å². The summed E-state index contributed by atoms with van der Waals surface area (Å²) >= 11 is 0. The predicted octanol–water partition coefficient (Wildman–Crippen LogP) is 5.92. The SMILES string of the molecule is CCOC(=O)Cc1ccccc1OCc1coc2c(OC)cc(-c3ccc4ccnc(N)c4c3)cc12. The van der Waals surface area contributed by atoms with Gasteiger partial charge in [-0.25, -0.2) is 4.98 Å². The van der Waals surface area contributed by atoms with E-state index < -0.39 is 0 Å². The monoisotopic (exact) mass is 482 g/mol. The molecule has 0 unspecified atom stereocenters. The number of rotatable bonds is 8.